The lowest BCUT2D eigenvalue weighted by atomic mass is 9.99. The van der Waals surface area contributed by atoms with Crippen LogP contribution >= 0.6 is 0 Å². The van der Waals surface area contributed by atoms with E-state index < -0.39 is 0 Å². The number of nitrogens with zero attached hydrogens (tertiary/aromatic N) is 2. The lowest BCUT2D eigenvalue weighted by molar-refractivity contribution is 0.401. The number of unbranched alkanes of at least 4 members (excludes halogenated alkanes) is 1. The summed E-state index contributed by atoms with van der Waals surface area (Å²) in [6, 6.07) is 12.9. The van der Waals surface area contributed by atoms with Crippen molar-refractivity contribution in [1.29, 1.82) is 0 Å². The Morgan fingerprint density at radius 1 is 1.05 bits per heavy atom. The van der Waals surface area contributed by atoms with E-state index in [1.807, 2.05) is 12.3 Å². The summed E-state index contributed by atoms with van der Waals surface area (Å²) in [6.07, 6.45) is 7.07. The van der Waals surface area contributed by atoms with Gasteiger partial charge in [-0.15, -0.1) is 0 Å². The zero-order valence-corrected chi connectivity index (χ0v) is 13.0. The molecule has 0 saturated carbocycles. The molecule has 0 saturated heterocycles. The topological polar surface area (TPSA) is 17.8 Å². The van der Waals surface area contributed by atoms with Crippen LogP contribution in [0, 0.1) is 5.92 Å². The predicted octanol–water partition coefficient (Wildman–Crippen LogP) is 5.41. The Morgan fingerprint density at radius 2 is 1.86 bits per heavy atom. The first kappa shape index (κ1) is 14.1. The third-order valence-corrected chi connectivity index (χ3v) is 4.51. The highest BCUT2D eigenvalue weighted by atomic mass is 15.0. The van der Waals surface area contributed by atoms with Gasteiger partial charge < -0.3 is 4.57 Å². The van der Waals surface area contributed by atoms with Crippen LogP contribution in [0.15, 0.2) is 42.6 Å². The second-order valence-corrected chi connectivity index (χ2v) is 5.92. The number of aromatic nitrogens is 2. The Balaban J connectivity index is 2.06. The maximum Gasteiger partial charge on any atom is 0.0959 e. The molecule has 0 fully saturated rings. The second kappa shape index (κ2) is 6.30. The summed E-state index contributed by atoms with van der Waals surface area (Å²) >= 11 is 0. The van der Waals surface area contributed by atoms with E-state index in [1.54, 1.807) is 0 Å². The van der Waals surface area contributed by atoms with Crippen LogP contribution in [0.4, 0.5) is 0 Å². The van der Waals surface area contributed by atoms with Crippen LogP contribution in [0.5, 0.6) is 0 Å². The third kappa shape index (κ3) is 2.67. The summed E-state index contributed by atoms with van der Waals surface area (Å²) in [5, 5.41) is 1.28. The molecular formula is C19H24N2. The standard InChI is InChI=1S/C19H24N2/c1-3-5-9-15(4-2)14-21-17-11-7-6-10-16(17)19-18(21)12-8-13-20-19/h6-8,10-13,15H,3-5,9,14H2,1-2H3. The number of para-hydroxylation sites is 1. The maximum absolute atomic E-state index is 4.60. The minimum absolute atomic E-state index is 0.754. The first-order chi connectivity index (χ1) is 10.3. The van der Waals surface area contributed by atoms with Crippen molar-refractivity contribution < 1.29 is 0 Å². The van der Waals surface area contributed by atoms with Gasteiger partial charge in [-0.05, 0) is 30.5 Å². The van der Waals surface area contributed by atoms with E-state index in [4.69, 9.17) is 0 Å². The van der Waals surface area contributed by atoms with E-state index in [9.17, 15) is 0 Å². The number of rotatable bonds is 6. The molecular weight excluding hydrogens is 256 g/mol. The van der Waals surface area contributed by atoms with Crippen LogP contribution in [0.2, 0.25) is 0 Å². The highest BCUT2D eigenvalue weighted by molar-refractivity contribution is 6.05. The second-order valence-electron chi connectivity index (χ2n) is 5.92. The molecule has 0 amide bonds. The van der Waals surface area contributed by atoms with Crippen molar-refractivity contribution in [3.05, 3.63) is 42.6 Å². The highest BCUT2D eigenvalue weighted by Crippen LogP contribution is 2.29. The van der Waals surface area contributed by atoms with E-state index in [2.05, 4.69) is 53.7 Å². The molecule has 0 bridgehead atoms. The van der Waals surface area contributed by atoms with E-state index in [-0.39, 0.29) is 0 Å². The molecule has 0 aliphatic carbocycles. The third-order valence-electron chi connectivity index (χ3n) is 4.51. The molecule has 0 aliphatic heterocycles. The average molecular weight is 280 g/mol. The van der Waals surface area contributed by atoms with Gasteiger partial charge in [0.2, 0.25) is 0 Å². The van der Waals surface area contributed by atoms with Crippen LogP contribution in [0.1, 0.15) is 39.5 Å². The van der Waals surface area contributed by atoms with Crippen molar-refractivity contribution in [3.63, 3.8) is 0 Å². The van der Waals surface area contributed by atoms with Gasteiger partial charge in [0, 0.05) is 18.1 Å². The smallest absolute Gasteiger partial charge is 0.0959 e. The Kier molecular flexibility index (Phi) is 4.23. The van der Waals surface area contributed by atoms with Crippen molar-refractivity contribution in [3.8, 4) is 0 Å². The lowest BCUT2D eigenvalue weighted by Gasteiger charge is -2.17. The first-order valence-corrected chi connectivity index (χ1v) is 8.17. The van der Waals surface area contributed by atoms with Gasteiger partial charge >= 0.3 is 0 Å². The fraction of sp³-hybridized carbons (Fsp3) is 0.421. The Bertz CT molecular complexity index is 673. The molecule has 0 radical (unpaired) electrons. The minimum Gasteiger partial charge on any atom is -0.339 e. The van der Waals surface area contributed by atoms with E-state index >= 15 is 0 Å². The van der Waals surface area contributed by atoms with Gasteiger partial charge in [-0.2, -0.15) is 0 Å². The number of pyridine rings is 1. The minimum atomic E-state index is 0.754. The number of hydrogen-bond donors (Lipinski definition) is 0. The van der Waals surface area contributed by atoms with Gasteiger partial charge in [0.05, 0.1) is 16.6 Å². The molecule has 2 heterocycles. The summed E-state index contributed by atoms with van der Waals surface area (Å²) in [5.74, 6) is 0.754. The fourth-order valence-corrected chi connectivity index (χ4v) is 3.23. The molecule has 1 unspecified atom stereocenters. The van der Waals surface area contributed by atoms with Crippen molar-refractivity contribution in [2.45, 2.75) is 46.1 Å². The van der Waals surface area contributed by atoms with Gasteiger partial charge in [0.1, 0.15) is 0 Å². The van der Waals surface area contributed by atoms with Gasteiger partial charge in [0.15, 0.2) is 0 Å². The lowest BCUT2D eigenvalue weighted by Crippen LogP contribution is -2.10. The van der Waals surface area contributed by atoms with E-state index in [0.29, 0.717) is 0 Å². The molecule has 0 spiro atoms. The normalized spacial score (nSPS) is 13.0. The van der Waals surface area contributed by atoms with Gasteiger partial charge in [0.25, 0.3) is 0 Å². The van der Waals surface area contributed by atoms with E-state index in [0.717, 1.165) is 18.0 Å². The van der Waals surface area contributed by atoms with Crippen molar-refractivity contribution >= 4 is 21.9 Å². The average Bonchev–Trinajstić information content (AvgIpc) is 2.86. The largest absolute Gasteiger partial charge is 0.339 e. The summed E-state index contributed by atoms with van der Waals surface area (Å²) < 4.78 is 2.47. The molecule has 1 atom stereocenters. The van der Waals surface area contributed by atoms with Crippen molar-refractivity contribution in [1.82, 2.24) is 9.55 Å². The highest BCUT2D eigenvalue weighted by Gasteiger charge is 2.14. The van der Waals surface area contributed by atoms with Gasteiger partial charge in [-0.25, -0.2) is 0 Å². The monoisotopic (exact) mass is 280 g/mol. The van der Waals surface area contributed by atoms with Crippen LogP contribution in [0.3, 0.4) is 0 Å². The van der Waals surface area contributed by atoms with Crippen LogP contribution in [-0.4, -0.2) is 9.55 Å². The molecule has 0 aliphatic rings. The van der Waals surface area contributed by atoms with Crippen molar-refractivity contribution in [2.24, 2.45) is 5.92 Å². The summed E-state index contributed by atoms with van der Waals surface area (Å²) in [5.41, 5.74) is 3.73. The number of hydrogen-bond acceptors (Lipinski definition) is 1. The van der Waals surface area contributed by atoms with Crippen LogP contribution in [-0.2, 0) is 6.54 Å². The summed E-state index contributed by atoms with van der Waals surface area (Å²) in [7, 11) is 0. The molecule has 1 aromatic carbocycles. The molecule has 3 rings (SSSR count). The quantitative estimate of drug-likeness (QED) is 0.590. The number of benzene rings is 1. The summed E-state index contributed by atoms with van der Waals surface area (Å²) in [6.45, 7) is 5.69. The molecule has 0 N–H and O–H groups in total. The SMILES string of the molecule is CCCCC(CC)Cn1c2ccccc2c2ncccc21. The molecule has 2 nitrogen and oxygen atoms in total. The maximum atomic E-state index is 4.60. The Morgan fingerprint density at radius 3 is 2.67 bits per heavy atom. The zero-order chi connectivity index (χ0) is 14.7. The zero-order valence-electron chi connectivity index (χ0n) is 13.0. The van der Waals surface area contributed by atoms with Crippen LogP contribution in [0.25, 0.3) is 21.9 Å². The summed E-state index contributed by atoms with van der Waals surface area (Å²) in [4.78, 5) is 4.60. The van der Waals surface area contributed by atoms with Gasteiger partial charge in [-0.3, -0.25) is 4.98 Å². The molecule has 2 heteroatoms. The Hall–Kier alpha value is -1.83. The molecule has 3 aromatic rings. The van der Waals surface area contributed by atoms with Crippen molar-refractivity contribution in [2.75, 3.05) is 0 Å². The predicted molar refractivity (Wildman–Crippen MR) is 90.5 cm³/mol. The Labute approximate surface area is 126 Å². The van der Waals surface area contributed by atoms with Crippen LogP contribution < -0.4 is 0 Å². The first-order valence-electron chi connectivity index (χ1n) is 8.17. The van der Waals surface area contributed by atoms with E-state index in [1.165, 1.54) is 42.1 Å². The molecule has 21 heavy (non-hydrogen) atoms. The molecule has 110 valence electrons. The van der Waals surface area contributed by atoms with Gasteiger partial charge in [-0.1, -0.05) is 51.3 Å². The molecule has 2 aromatic heterocycles. The fourth-order valence-electron chi connectivity index (χ4n) is 3.23. The number of fused-ring (bicyclic) bond motifs is 3.